The Kier molecular flexibility index (Phi) is 4.26. The Bertz CT molecular complexity index is 137. The lowest BCUT2D eigenvalue weighted by Crippen LogP contribution is -2.11. The highest BCUT2D eigenvalue weighted by Gasteiger charge is 2.14. The van der Waals surface area contributed by atoms with Gasteiger partial charge in [0.05, 0.1) is 0 Å². The van der Waals surface area contributed by atoms with Gasteiger partial charge in [0.25, 0.3) is 0 Å². The highest BCUT2D eigenvalue weighted by atomic mass is 16.4. The summed E-state index contributed by atoms with van der Waals surface area (Å²) in [5, 5.41) is 16.6. The van der Waals surface area contributed by atoms with Crippen LogP contribution >= 0.6 is 0 Å². The Hall–Kier alpha value is -1.06. The van der Waals surface area contributed by atoms with Gasteiger partial charge in [-0.05, 0) is 12.3 Å². The van der Waals surface area contributed by atoms with Gasteiger partial charge in [-0.2, -0.15) is 0 Å². The van der Waals surface area contributed by atoms with Crippen molar-refractivity contribution in [2.24, 2.45) is 5.92 Å². The lowest BCUT2D eigenvalue weighted by molar-refractivity contribution is -0.140. The largest absolute Gasteiger partial charge is 0.481 e. The lowest BCUT2D eigenvalue weighted by Gasteiger charge is -2.07. The summed E-state index contributed by atoms with van der Waals surface area (Å²) >= 11 is 0. The predicted molar refractivity (Wildman–Crippen MR) is 38.0 cm³/mol. The second kappa shape index (κ2) is 4.71. The second-order valence-corrected chi connectivity index (χ2v) is 2.35. The van der Waals surface area contributed by atoms with E-state index in [4.69, 9.17) is 10.2 Å². The topological polar surface area (TPSA) is 74.6 Å². The SMILES string of the molecule is [CH2]CC(CC(=O)O)CC(=O)O. The summed E-state index contributed by atoms with van der Waals surface area (Å²) in [5.74, 6) is -2.29. The minimum absolute atomic E-state index is 0.115. The van der Waals surface area contributed by atoms with Crippen molar-refractivity contribution in [3.8, 4) is 0 Å². The third-order valence-corrected chi connectivity index (χ3v) is 1.33. The fraction of sp³-hybridized carbons (Fsp3) is 0.571. The number of carbonyl (C=O) groups is 2. The highest BCUT2D eigenvalue weighted by Crippen LogP contribution is 2.12. The first-order valence-electron chi connectivity index (χ1n) is 3.29. The molecule has 0 saturated carbocycles. The van der Waals surface area contributed by atoms with E-state index in [9.17, 15) is 9.59 Å². The van der Waals surface area contributed by atoms with Crippen LogP contribution in [0.1, 0.15) is 19.3 Å². The molecule has 0 aliphatic rings. The smallest absolute Gasteiger partial charge is 0.303 e. The van der Waals surface area contributed by atoms with E-state index >= 15 is 0 Å². The zero-order valence-electron chi connectivity index (χ0n) is 6.12. The molecule has 0 aromatic carbocycles. The summed E-state index contributed by atoms with van der Waals surface area (Å²) in [6, 6.07) is 0. The van der Waals surface area contributed by atoms with Gasteiger partial charge in [0.2, 0.25) is 0 Å². The predicted octanol–water partition coefficient (Wildman–Crippen LogP) is 0.776. The van der Waals surface area contributed by atoms with Gasteiger partial charge in [0, 0.05) is 12.8 Å². The molecule has 4 heteroatoms. The first-order chi connectivity index (χ1) is 5.06. The number of carboxylic acids is 2. The van der Waals surface area contributed by atoms with Gasteiger partial charge in [-0.3, -0.25) is 9.59 Å². The molecule has 0 fully saturated rings. The molecule has 0 bridgehead atoms. The van der Waals surface area contributed by atoms with Crippen LogP contribution in [0.15, 0.2) is 0 Å². The average molecular weight is 159 g/mol. The standard InChI is InChI=1S/C7H11O4/c1-2-5(3-6(8)9)4-7(10)11/h5H,1-4H2,(H,8,9)(H,10,11). The number of hydrogen-bond donors (Lipinski definition) is 2. The number of aliphatic carboxylic acids is 2. The molecule has 0 unspecified atom stereocenters. The summed E-state index contributed by atoms with van der Waals surface area (Å²) in [5.41, 5.74) is 0. The van der Waals surface area contributed by atoms with Crippen LogP contribution in [0, 0.1) is 12.8 Å². The quantitative estimate of drug-likeness (QED) is 0.621. The summed E-state index contributed by atoms with van der Waals surface area (Å²) < 4.78 is 0. The van der Waals surface area contributed by atoms with Crippen LogP contribution in [0.5, 0.6) is 0 Å². The monoisotopic (exact) mass is 159 g/mol. The highest BCUT2D eigenvalue weighted by molar-refractivity contribution is 5.70. The van der Waals surface area contributed by atoms with Crippen molar-refractivity contribution in [1.29, 1.82) is 0 Å². The minimum atomic E-state index is -0.972. The molecule has 0 amide bonds. The molecule has 2 N–H and O–H groups in total. The second-order valence-electron chi connectivity index (χ2n) is 2.35. The first kappa shape index (κ1) is 9.94. The van der Waals surface area contributed by atoms with E-state index in [1.54, 1.807) is 0 Å². The molecule has 1 radical (unpaired) electrons. The van der Waals surface area contributed by atoms with E-state index in [0.29, 0.717) is 6.42 Å². The average Bonchev–Trinajstić information content (AvgIpc) is 1.84. The maximum atomic E-state index is 10.1. The Labute approximate surface area is 64.8 Å². The van der Waals surface area contributed by atoms with Crippen molar-refractivity contribution in [2.45, 2.75) is 19.3 Å². The zero-order valence-corrected chi connectivity index (χ0v) is 6.12. The molecule has 0 spiro atoms. The molecule has 0 aliphatic heterocycles. The first-order valence-corrected chi connectivity index (χ1v) is 3.29. The van der Waals surface area contributed by atoms with E-state index in [1.165, 1.54) is 0 Å². The summed E-state index contributed by atoms with van der Waals surface area (Å²) in [4.78, 5) is 20.3. The number of carboxylic acid groups (broad SMARTS) is 2. The molecule has 4 nitrogen and oxygen atoms in total. The fourth-order valence-electron chi connectivity index (χ4n) is 0.770. The van der Waals surface area contributed by atoms with E-state index in [0.717, 1.165) is 0 Å². The van der Waals surface area contributed by atoms with Crippen LogP contribution in [0.4, 0.5) is 0 Å². The Morgan fingerprint density at radius 2 is 1.55 bits per heavy atom. The molecule has 11 heavy (non-hydrogen) atoms. The van der Waals surface area contributed by atoms with Gasteiger partial charge in [0.15, 0.2) is 0 Å². The third-order valence-electron chi connectivity index (χ3n) is 1.33. The van der Waals surface area contributed by atoms with Gasteiger partial charge in [-0.15, -0.1) is 0 Å². The van der Waals surface area contributed by atoms with E-state index in [2.05, 4.69) is 6.92 Å². The van der Waals surface area contributed by atoms with Crippen molar-refractivity contribution < 1.29 is 19.8 Å². The third kappa shape index (κ3) is 5.39. The maximum absolute atomic E-state index is 10.1. The molecule has 0 saturated heterocycles. The minimum Gasteiger partial charge on any atom is -0.481 e. The van der Waals surface area contributed by atoms with Crippen LogP contribution in [0.3, 0.4) is 0 Å². The molecular formula is C7H11O4. The fourth-order valence-corrected chi connectivity index (χ4v) is 0.770. The molecule has 63 valence electrons. The van der Waals surface area contributed by atoms with E-state index in [-0.39, 0.29) is 18.8 Å². The molecular weight excluding hydrogens is 148 g/mol. The molecule has 0 aromatic heterocycles. The van der Waals surface area contributed by atoms with Crippen LogP contribution in [0.2, 0.25) is 0 Å². The van der Waals surface area contributed by atoms with Crippen molar-refractivity contribution in [2.75, 3.05) is 0 Å². The summed E-state index contributed by atoms with van der Waals surface area (Å²) in [6.07, 6.45) is 0.115. The maximum Gasteiger partial charge on any atom is 0.303 e. The van der Waals surface area contributed by atoms with E-state index < -0.39 is 11.9 Å². The molecule has 0 heterocycles. The Morgan fingerprint density at radius 1 is 1.18 bits per heavy atom. The molecule has 0 aromatic rings. The number of hydrogen-bond acceptors (Lipinski definition) is 2. The van der Waals surface area contributed by atoms with Gasteiger partial charge in [-0.1, -0.05) is 6.92 Å². The van der Waals surface area contributed by atoms with Crippen molar-refractivity contribution in [3.63, 3.8) is 0 Å². The number of rotatable bonds is 5. The normalized spacial score (nSPS) is 10.0. The lowest BCUT2D eigenvalue weighted by atomic mass is 9.99. The van der Waals surface area contributed by atoms with Crippen molar-refractivity contribution in [3.05, 3.63) is 6.92 Å². The van der Waals surface area contributed by atoms with Crippen LogP contribution in [-0.2, 0) is 9.59 Å². The van der Waals surface area contributed by atoms with Crippen molar-refractivity contribution >= 4 is 11.9 Å². The van der Waals surface area contributed by atoms with Crippen LogP contribution in [-0.4, -0.2) is 22.2 Å². The Morgan fingerprint density at radius 3 is 1.73 bits per heavy atom. The molecule has 0 atom stereocenters. The Balaban J connectivity index is 3.76. The van der Waals surface area contributed by atoms with Crippen LogP contribution in [0.25, 0.3) is 0 Å². The van der Waals surface area contributed by atoms with Gasteiger partial charge in [-0.25, -0.2) is 0 Å². The van der Waals surface area contributed by atoms with Gasteiger partial charge >= 0.3 is 11.9 Å². The van der Waals surface area contributed by atoms with Crippen molar-refractivity contribution in [1.82, 2.24) is 0 Å². The summed E-state index contributed by atoms with van der Waals surface area (Å²) in [6.45, 7) is 3.47. The van der Waals surface area contributed by atoms with Crippen LogP contribution < -0.4 is 0 Å². The van der Waals surface area contributed by atoms with Gasteiger partial charge in [0.1, 0.15) is 0 Å². The van der Waals surface area contributed by atoms with E-state index in [1.807, 2.05) is 0 Å². The molecule has 0 rings (SSSR count). The molecule has 0 aliphatic carbocycles. The zero-order chi connectivity index (χ0) is 8.85. The summed E-state index contributed by atoms with van der Waals surface area (Å²) in [7, 11) is 0. The van der Waals surface area contributed by atoms with Gasteiger partial charge < -0.3 is 10.2 Å².